The fourth-order valence-corrected chi connectivity index (χ4v) is 4.56. The Morgan fingerprint density at radius 3 is 2.71 bits per heavy atom. The number of benzene rings is 1. The Balaban J connectivity index is 1.93. The molecule has 0 aliphatic carbocycles. The highest BCUT2D eigenvalue weighted by Gasteiger charge is 2.44. The van der Waals surface area contributed by atoms with Gasteiger partial charge in [-0.05, 0) is 39.8 Å². The molecule has 1 aliphatic rings. The molecule has 3 rings (SSSR count). The fourth-order valence-electron chi connectivity index (χ4n) is 2.56. The minimum atomic E-state index is -0.961. The van der Waals surface area contributed by atoms with Crippen LogP contribution in [0, 0.1) is 6.92 Å². The SMILES string of the molecule is Cc1nnc(S[C@H](C)C(=O)N2c3ccccc3NC(=O)C2(C)C)s1. The zero-order valence-corrected chi connectivity index (χ0v) is 15.5. The molecule has 0 unspecified atom stereocenters. The lowest BCUT2D eigenvalue weighted by molar-refractivity contribution is -0.126. The molecule has 1 N–H and O–H groups in total. The third-order valence-corrected chi connectivity index (χ3v) is 5.87. The van der Waals surface area contributed by atoms with E-state index < -0.39 is 5.54 Å². The van der Waals surface area contributed by atoms with Gasteiger partial charge in [-0.15, -0.1) is 10.2 Å². The van der Waals surface area contributed by atoms with Gasteiger partial charge >= 0.3 is 0 Å². The molecule has 0 fully saturated rings. The number of nitrogens with one attached hydrogen (secondary N) is 1. The Bertz CT molecular complexity index is 803. The molecule has 1 aromatic heterocycles. The number of rotatable bonds is 3. The molecule has 0 radical (unpaired) electrons. The van der Waals surface area contributed by atoms with Crippen LogP contribution in [-0.4, -0.2) is 32.8 Å². The number of fused-ring (bicyclic) bond motifs is 1. The van der Waals surface area contributed by atoms with Gasteiger partial charge in [-0.1, -0.05) is 35.2 Å². The Morgan fingerprint density at radius 2 is 2.04 bits per heavy atom. The molecule has 2 aromatic rings. The molecule has 2 heterocycles. The molecule has 0 spiro atoms. The van der Waals surface area contributed by atoms with Gasteiger partial charge in [0.1, 0.15) is 10.5 Å². The van der Waals surface area contributed by atoms with Crippen LogP contribution >= 0.6 is 23.1 Å². The van der Waals surface area contributed by atoms with Crippen molar-refractivity contribution in [1.29, 1.82) is 0 Å². The molecule has 126 valence electrons. The van der Waals surface area contributed by atoms with Crippen molar-refractivity contribution >= 4 is 46.3 Å². The van der Waals surface area contributed by atoms with Gasteiger partial charge in [-0.3, -0.25) is 14.5 Å². The van der Waals surface area contributed by atoms with E-state index in [1.54, 1.807) is 24.8 Å². The van der Waals surface area contributed by atoms with Crippen molar-refractivity contribution in [2.24, 2.45) is 0 Å². The van der Waals surface area contributed by atoms with Gasteiger partial charge in [0.2, 0.25) is 11.8 Å². The van der Waals surface area contributed by atoms with E-state index >= 15 is 0 Å². The maximum atomic E-state index is 13.1. The highest BCUT2D eigenvalue weighted by atomic mass is 32.2. The smallest absolute Gasteiger partial charge is 0.250 e. The first-order valence-electron chi connectivity index (χ1n) is 7.52. The predicted octanol–water partition coefficient (Wildman–Crippen LogP) is 3.09. The maximum absolute atomic E-state index is 13.1. The number of aromatic nitrogens is 2. The van der Waals surface area contributed by atoms with Crippen molar-refractivity contribution in [2.75, 3.05) is 10.2 Å². The summed E-state index contributed by atoms with van der Waals surface area (Å²) in [5.74, 6) is -0.321. The highest BCUT2D eigenvalue weighted by Crippen LogP contribution is 2.38. The highest BCUT2D eigenvalue weighted by molar-refractivity contribution is 8.02. The molecule has 0 bridgehead atoms. The Labute approximate surface area is 148 Å². The van der Waals surface area contributed by atoms with Crippen molar-refractivity contribution in [2.45, 2.75) is 42.8 Å². The molecule has 8 heteroatoms. The van der Waals surface area contributed by atoms with E-state index in [0.717, 1.165) is 9.35 Å². The van der Waals surface area contributed by atoms with Crippen LogP contribution in [0.3, 0.4) is 0 Å². The van der Waals surface area contributed by atoms with Gasteiger partial charge in [-0.25, -0.2) is 0 Å². The number of anilines is 2. The summed E-state index contributed by atoms with van der Waals surface area (Å²) in [6.07, 6.45) is 0. The van der Waals surface area contributed by atoms with Crippen LogP contribution in [0.2, 0.25) is 0 Å². The topological polar surface area (TPSA) is 75.2 Å². The summed E-state index contributed by atoms with van der Waals surface area (Å²) in [6.45, 7) is 7.21. The molecular weight excluding hydrogens is 344 g/mol. The van der Waals surface area contributed by atoms with Crippen molar-refractivity contribution in [3.8, 4) is 0 Å². The third kappa shape index (κ3) is 2.91. The third-order valence-electron chi connectivity index (χ3n) is 3.86. The minimum Gasteiger partial charge on any atom is -0.322 e. The van der Waals surface area contributed by atoms with Crippen LogP contribution in [0.15, 0.2) is 28.6 Å². The molecule has 1 atom stereocenters. The number of hydrogen-bond donors (Lipinski definition) is 1. The first-order valence-corrected chi connectivity index (χ1v) is 9.21. The number of amides is 2. The van der Waals surface area contributed by atoms with E-state index in [1.165, 1.54) is 23.1 Å². The normalized spacial score (nSPS) is 17.2. The van der Waals surface area contributed by atoms with Crippen LogP contribution in [0.1, 0.15) is 25.8 Å². The quantitative estimate of drug-likeness (QED) is 0.849. The van der Waals surface area contributed by atoms with E-state index in [0.29, 0.717) is 11.4 Å². The average molecular weight is 362 g/mol. The lowest BCUT2D eigenvalue weighted by atomic mass is 9.96. The summed E-state index contributed by atoms with van der Waals surface area (Å²) in [4.78, 5) is 27.2. The summed E-state index contributed by atoms with van der Waals surface area (Å²) in [5, 5.41) is 11.4. The van der Waals surface area contributed by atoms with Crippen LogP contribution in [0.4, 0.5) is 11.4 Å². The van der Waals surface area contributed by atoms with Gasteiger partial charge in [0.05, 0.1) is 16.6 Å². The zero-order chi connectivity index (χ0) is 17.5. The number of hydrogen-bond acceptors (Lipinski definition) is 6. The second-order valence-corrected chi connectivity index (χ2v) is 8.82. The number of carbonyl (C=O) groups is 2. The van der Waals surface area contributed by atoms with Crippen molar-refractivity contribution in [3.63, 3.8) is 0 Å². The summed E-state index contributed by atoms with van der Waals surface area (Å²) >= 11 is 2.82. The summed E-state index contributed by atoms with van der Waals surface area (Å²) < 4.78 is 0.751. The zero-order valence-electron chi connectivity index (χ0n) is 13.9. The lowest BCUT2D eigenvalue weighted by Crippen LogP contribution is -2.60. The molecule has 6 nitrogen and oxygen atoms in total. The van der Waals surface area contributed by atoms with Crippen LogP contribution < -0.4 is 10.2 Å². The molecule has 0 saturated heterocycles. The summed E-state index contributed by atoms with van der Waals surface area (Å²) in [6, 6.07) is 7.34. The van der Waals surface area contributed by atoms with Gasteiger partial charge in [-0.2, -0.15) is 0 Å². The Morgan fingerprint density at radius 1 is 1.33 bits per heavy atom. The minimum absolute atomic E-state index is 0.125. The average Bonchev–Trinajstić information content (AvgIpc) is 2.93. The fraction of sp³-hybridized carbons (Fsp3) is 0.375. The van der Waals surface area contributed by atoms with Crippen LogP contribution in [0.5, 0.6) is 0 Å². The number of nitrogens with zero attached hydrogens (tertiary/aromatic N) is 3. The monoisotopic (exact) mass is 362 g/mol. The second-order valence-electron chi connectivity index (χ2n) is 6.05. The van der Waals surface area contributed by atoms with Gasteiger partial charge in [0, 0.05) is 0 Å². The van der Waals surface area contributed by atoms with E-state index in [2.05, 4.69) is 15.5 Å². The molecule has 1 aromatic carbocycles. The first kappa shape index (κ1) is 16.9. The van der Waals surface area contributed by atoms with E-state index in [9.17, 15) is 9.59 Å². The second kappa shape index (κ2) is 6.18. The largest absolute Gasteiger partial charge is 0.322 e. The Kier molecular flexibility index (Phi) is 4.35. The number of para-hydroxylation sites is 2. The first-order chi connectivity index (χ1) is 11.3. The van der Waals surface area contributed by atoms with Gasteiger partial charge in [0.15, 0.2) is 4.34 Å². The molecule has 2 amide bonds. The Hall–Kier alpha value is -1.93. The molecule has 0 saturated carbocycles. The number of aryl methyl sites for hydroxylation is 1. The van der Waals surface area contributed by atoms with Gasteiger partial charge < -0.3 is 5.32 Å². The van der Waals surface area contributed by atoms with Crippen molar-refractivity contribution in [3.05, 3.63) is 29.3 Å². The van der Waals surface area contributed by atoms with E-state index in [4.69, 9.17) is 0 Å². The molecule has 24 heavy (non-hydrogen) atoms. The maximum Gasteiger partial charge on any atom is 0.250 e. The molecular formula is C16H18N4O2S2. The summed E-state index contributed by atoms with van der Waals surface area (Å²) in [7, 11) is 0. The van der Waals surface area contributed by atoms with E-state index in [-0.39, 0.29) is 17.1 Å². The van der Waals surface area contributed by atoms with Crippen molar-refractivity contribution < 1.29 is 9.59 Å². The number of carbonyl (C=O) groups excluding carboxylic acids is 2. The number of thioether (sulfide) groups is 1. The van der Waals surface area contributed by atoms with E-state index in [1.807, 2.05) is 32.0 Å². The van der Waals surface area contributed by atoms with Crippen molar-refractivity contribution in [1.82, 2.24) is 10.2 Å². The van der Waals surface area contributed by atoms with Crippen LogP contribution in [0.25, 0.3) is 0 Å². The predicted molar refractivity (Wildman–Crippen MR) is 96.6 cm³/mol. The molecule has 1 aliphatic heterocycles. The lowest BCUT2D eigenvalue weighted by Gasteiger charge is -2.42. The van der Waals surface area contributed by atoms with Gasteiger partial charge in [0.25, 0.3) is 0 Å². The van der Waals surface area contributed by atoms with Crippen LogP contribution in [-0.2, 0) is 9.59 Å². The standard InChI is InChI=1S/C16H18N4O2S2/c1-9(23-15-19-18-10(2)24-15)13(21)20-12-8-6-5-7-11(12)17-14(22)16(20,3)4/h5-9H,1-4H3,(H,17,22)/t9-/m1/s1. The summed E-state index contributed by atoms with van der Waals surface area (Å²) in [5.41, 5.74) is 0.407.